The smallest absolute Gasteiger partial charge is 0.180 e. The summed E-state index contributed by atoms with van der Waals surface area (Å²) in [6, 6.07) is 17.4. The van der Waals surface area contributed by atoms with Gasteiger partial charge in [0.2, 0.25) is 0 Å². The summed E-state index contributed by atoms with van der Waals surface area (Å²) >= 11 is 0. The third-order valence-electron chi connectivity index (χ3n) is 7.92. The van der Waals surface area contributed by atoms with Crippen molar-refractivity contribution in [2.45, 2.75) is 71.9 Å². The molecule has 0 aliphatic heterocycles. The van der Waals surface area contributed by atoms with Gasteiger partial charge in [-0.2, -0.15) is 0 Å². The first-order valence-corrected chi connectivity index (χ1v) is 13.9. The number of rotatable bonds is 8. The van der Waals surface area contributed by atoms with Crippen molar-refractivity contribution in [1.29, 1.82) is 0 Å². The molecule has 0 amide bonds. The number of imidazole rings is 1. The fraction of sp³-hybridized carbons (Fsp3) is 0.387. The van der Waals surface area contributed by atoms with Gasteiger partial charge in [-0.25, -0.2) is 15.1 Å². The summed E-state index contributed by atoms with van der Waals surface area (Å²) in [5.41, 5.74) is 10.2. The number of nitrogens with zero attached hydrogens (tertiary/aromatic N) is 6. The maximum Gasteiger partial charge on any atom is 0.180 e. The molecule has 0 bridgehead atoms. The average molecular weight is 522 g/mol. The second-order valence-corrected chi connectivity index (χ2v) is 11.0. The van der Waals surface area contributed by atoms with Gasteiger partial charge < -0.3 is 9.67 Å². The largest absolute Gasteiger partial charge is 0.393 e. The van der Waals surface area contributed by atoms with Crippen molar-refractivity contribution in [3.8, 4) is 22.5 Å². The monoisotopic (exact) mass is 521 g/mol. The predicted octanol–water partition coefficient (Wildman–Crippen LogP) is 5.63. The van der Waals surface area contributed by atoms with Gasteiger partial charge in [0.05, 0.1) is 12.1 Å². The Morgan fingerprint density at radius 1 is 1.08 bits per heavy atom. The second-order valence-electron chi connectivity index (χ2n) is 11.0. The van der Waals surface area contributed by atoms with Gasteiger partial charge >= 0.3 is 0 Å². The van der Waals surface area contributed by atoms with E-state index in [2.05, 4.69) is 82.4 Å². The minimum atomic E-state index is -0.304. The number of nitrogens with one attached hydrogen (secondary N) is 1. The second kappa shape index (κ2) is 10.3. The lowest BCUT2D eigenvalue weighted by molar-refractivity contribution is 0.164. The van der Waals surface area contributed by atoms with E-state index in [1.165, 1.54) is 16.7 Å². The normalized spacial score (nSPS) is 16.5. The predicted molar refractivity (Wildman–Crippen MR) is 152 cm³/mol. The molecule has 3 heterocycles. The standard InChI is InChI=1S/C31H35N7O/c1-5-28-33-29-19(3)16-23(15-18(2)14-20(4)39)32-31(29)38(28)27-13-11-22-17-21(10-12-25(22)27)24-8-6-7-9-26(24)30-34-36-37-35-30/h6-10,12,16-18,20,27,39H,5,11,13-15H2,1-4H3,(H,34,35,36,37)/t18?,20?,27-/m0/s1. The van der Waals surface area contributed by atoms with E-state index in [9.17, 15) is 5.11 Å². The third kappa shape index (κ3) is 4.74. The van der Waals surface area contributed by atoms with Crippen LogP contribution in [0.4, 0.5) is 0 Å². The molecule has 2 aromatic carbocycles. The number of benzene rings is 2. The van der Waals surface area contributed by atoms with Crippen LogP contribution in [0.1, 0.15) is 67.9 Å². The molecule has 0 saturated carbocycles. The van der Waals surface area contributed by atoms with E-state index in [4.69, 9.17) is 9.97 Å². The highest BCUT2D eigenvalue weighted by Gasteiger charge is 2.29. The molecule has 3 aromatic heterocycles. The molecule has 1 aliphatic rings. The fourth-order valence-electron chi connectivity index (χ4n) is 6.28. The van der Waals surface area contributed by atoms with Gasteiger partial charge in [-0.05, 0) is 89.8 Å². The highest BCUT2D eigenvalue weighted by Crippen LogP contribution is 2.40. The third-order valence-corrected chi connectivity index (χ3v) is 7.92. The zero-order valence-corrected chi connectivity index (χ0v) is 23.0. The summed E-state index contributed by atoms with van der Waals surface area (Å²) in [6.07, 6.45) is 4.19. The first kappa shape index (κ1) is 25.4. The van der Waals surface area contributed by atoms with Gasteiger partial charge in [0.1, 0.15) is 11.3 Å². The van der Waals surface area contributed by atoms with Crippen molar-refractivity contribution in [3.05, 3.63) is 76.7 Å². The molecular formula is C31H35N7O. The lowest BCUT2D eigenvalue weighted by Gasteiger charge is -2.19. The van der Waals surface area contributed by atoms with E-state index in [1.54, 1.807) is 0 Å². The van der Waals surface area contributed by atoms with Crippen molar-refractivity contribution < 1.29 is 5.11 Å². The van der Waals surface area contributed by atoms with Crippen molar-refractivity contribution in [3.63, 3.8) is 0 Å². The van der Waals surface area contributed by atoms with Crippen LogP contribution < -0.4 is 0 Å². The number of aliphatic hydroxyl groups is 1. The van der Waals surface area contributed by atoms with Gasteiger partial charge in [0.25, 0.3) is 0 Å². The number of aliphatic hydroxyl groups excluding tert-OH is 1. The quantitative estimate of drug-likeness (QED) is 0.274. The Balaban J connectivity index is 1.39. The van der Waals surface area contributed by atoms with Crippen LogP contribution in [-0.4, -0.2) is 46.4 Å². The Morgan fingerprint density at radius 2 is 1.90 bits per heavy atom. The Bertz CT molecular complexity index is 1620. The number of hydrogen-bond acceptors (Lipinski definition) is 6. The molecular weight excluding hydrogens is 486 g/mol. The number of H-pyrrole nitrogens is 1. The summed E-state index contributed by atoms with van der Waals surface area (Å²) in [4.78, 5) is 10.2. The van der Waals surface area contributed by atoms with Crippen LogP contribution >= 0.6 is 0 Å². The molecule has 2 N–H and O–H groups in total. The van der Waals surface area contributed by atoms with Crippen LogP contribution in [0.15, 0.2) is 48.5 Å². The van der Waals surface area contributed by atoms with Crippen LogP contribution in [0.5, 0.6) is 0 Å². The molecule has 8 nitrogen and oxygen atoms in total. The fourth-order valence-corrected chi connectivity index (χ4v) is 6.28. The molecule has 1 aliphatic carbocycles. The summed E-state index contributed by atoms with van der Waals surface area (Å²) in [5.74, 6) is 2.11. The minimum absolute atomic E-state index is 0.208. The van der Waals surface area contributed by atoms with Crippen molar-refractivity contribution >= 4 is 11.2 Å². The van der Waals surface area contributed by atoms with Crippen molar-refractivity contribution in [1.82, 2.24) is 35.2 Å². The van der Waals surface area contributed by atoms with E-state index in [-0.39, 0.29) is 12.1 Å². The van der Waals surface area contributed by atoms with Gasteiger partial charge in [0.15, 0.2) is 11.5 Å². The minimum Gasteiger partial charge on any atom is -0.393 e. The Hall–Kier alpha value is -3.91. The zero-order chi connectivity index (χ0) is 27.1. The maximum absolute atomic E-state index is 9.85. The van der Waals surface area contributed by atoms with Crippen molar-refractivity contribution in [2.75, 3.05) is 0 Å². The molecule has 8 heteroatoms. The summed E-state index contributed by atoms with van der Waals surface area (Å²) in [6.45, 7) is 8.35. The Morgan fingerprint density at radius 3 is 2.64 bits per heavy atom. The van der Waals surface area contributed by atoms with Crippen LogP contribution in [0.2, 0.25) is 0 Å². The SMILES string of the molecule is CCc1nc2c(C)cc(CC(C)CC(C)O)nc2n1[C@H]1CCc2cc(-c3ccccc3-c3nnn[nH]3)ccc21. The van der Waals surface area contributed by atoms with Crippen LogP contribution in [0.3, 0.4) is 0 Å². The van der Waals surface area contributed by atoms with E-state index in [0.717, 1.165) is 71.5 Å². The first-order valence-electron chi connectivity index (χ1n) is 13.9. The Kier molecular flexibility index (Phi) is 6.73. The van der Waals surface area contributed by atoms with Crippen LogP contribution in [-0.2, 0) is 19.3 Å². The summed E-state index contributed by atoms with van der Waals surface area (Å²) < 4.78 is 2.39. The first-order chi connectivity index (χ1) is 18.9. The molecule has 200 valence electrons. The molecule has 2 unspecified atom stereocenters. The Labute approximate surface area is 228 Å². The number of aryl methyl sites for hydroxylation is 3. The molecule has 5 aromatic rings. The number of aromatic amines is 1. The maximum atomic E-state index is 9.85. The van der Waals surface area contributed by atoms with E-state index >= 15 is 0 Å². The van der Waals surface area contributed by atoms with Crippen molar-refractivity contribution in [2.24, 2.45) is 5.92 Å². The number of aromatic nitrogens is 7. The van der Waals surface area contributed by atoms with Gasteiger partial charge in [-0.15, -0.1) is 5.10 Å². The topological polar surface area (TPSA) is 105 Å². The molecule has 6 rings (SSSR count). The van der Waals surface area contributed by atoms with E-state index < -0.39 is 0 Å². The van der Waals surface area contributed by atoms with Crippen LogP contribution in [0, 0.1) is 12.8 Å². The number of fused-ring (bicyclic) bond motifs is 2. The lowest BCUT2D eigenvalue weighted by atomic mass is 9.96. The van der Waals surface area contributed by atoms with E-state index in [1.807, 2.05) is 19.1 Å². The number of hydrogen-bond donors (Lipinski definition) is 2. The van der Waals surface area contributed by atoms with Gasteiger partial charge in [0, 0.05) is 17.7 Å². The van der Waals surface area contributed by atoms with Crippen LogP contribution in [0.25, 0.3) is 33.7 Å². The zero-order valence-electron chi connectivity index (χ0n) is 23.0. The molecule has 0 spiro atoms. The average Bonchev–Trinajstić information content (AvgIpc) is 3.66. The summed E-state index contributed by atoms with van der Waals surface area (Å²) in [7, 11) is 0. The lowest BCUT2D eigenvalue weighted by Crippen LogP contribution is -2.13. The van der Waals surface area contributed by atoms with Gasteiger partial charge in [-0.1, -0.05) is 56.3 Å². The van der Waals surface area contributed by atoms with Gasteiger partial charge in [-0.3, -0.25) is 0 Å². The number of tetrazole rings is 1. The van der Waals surface area contributed by atoms with E-state index in [0.29, 0.717) is 11.7 Å². The molecule has 3 atom stereocenters. The highest BCUT2D eigenvalue weighted by molar-refractivity contribution is 5.81. The summed E-state index contributed by atoms with van der Waals surface area (Å²) in [5, 5.41) is 24.4. The molecule has 0 fully saturated rings. The number of pyridine rings is 1. The molecule has 0 radical (unpaired) electrons. The molecule has 0 saturated heterocycles. The molecule has 39 heavy (non-hydrogen) atoms. The highest BCUT2D eigenvalue weighted by atomic mass is 16.3.